The predicted molar refractivity (Wildman–Crippen MR) is 93.4 cm³/mol. The Morgan fingerprint density at radius 1 is 0.960 bits per heavy atom. The smallest absolute Gasteiger partial charge is 0.338 e. The predicted octanol–water partition coefficient (Wildman–Crippen LogP) is 5.34. The Hall–Kier alpha value is -1.64. The molecule has 0 aliphatic heterocycles. The minimum atomic E-state index is -1.39. The summed E-state index contributed by atoms with van der Waals surface area (Å²) in [6.07, 6.45) is 0.338. The normalized spacial score (nSPS) is 10.8. The zero-order valence-electron chi connectivity index (χ0n) is 13.3. The summed E-state index contributed by atoms with van der Waals surface area (Å²) in [6, 6.07) is 6.84. The average Bonchev–Trinajstić information content (AvgIpc) is 2.61. The van der Waals surface area contributed by atoms with Gasteiger partial charge in [-0.3, -0.25) is 0 Å². The van der Waals surface area contributed by atoms with Crippen molar-refractivity contribution in [3.05, 3.63) is 67.8 Å². The highest BCUT2D eigenvalue weighted by molar-refractivity contribution is 14.1. The molecule has 134 valence electrons. The van der Waals surface area contributed by atoms with Gasteiger partial charge in [0.05, 0.1) is 15.7 Å². The molecule has 2 aromatic carbocycles. The van der Waals surface area contributed by atoms with Crippen LogP contribution in [0.5, 0.6) is 0 Å². The van der Waals surface area contributed by atoms with Gasteiger partial charge in [0.15, 0.2) is 23.3 Å². The Balaban J connectivity index is 1.86. The Morgan fingerprint density at radius 3 is 2.08 bits per heavy atom. The average molecular weight is 466 g/mol. The van der Waals surface area contributed by atoms with E-state index in [0.29, 0.717) is 12.0 Å². The molecule has 0 aliphatic carbocycles. The molecule has 0 saturated carbocycles. The van der Waals surface area contributed by atoms with Crippen LogP contribution in [0.4, 0.5) is 17.6 Å². The van der Waals surface area contributed by atoms with E-state index in [1.807, 2.05) is 6.92 Å². The number of halogens is 5. The van der Waals surface area contributed by atoms with Gasteiger partial charge in [-0.1, -0.05) is 17.7 Å². The quantitative estimate of drug-likeness (QED) is 0.144. The summed E-state index contributed by atoms with van der Waals surface area (Å²) in [5, 5.41) is 0. The second kappa shape index (κ2) is 8.64. The first kappa shape index (κ1) is 19.7. The van der Waals surface area contributed by atoms with E-state index in [-0.39, 0.29) is 19.4 Å². The van der Waals surface area contributed by atoms with E-state index < -0.39 is 38.4 Å². The van der Waals surface area contributed by atoms with E-state index in [0.717, 1.165) is 5.56 Å². The summed E-state index contributed by atoms with van der Waals surface area (Å²) >= 11 is 1.22. The SMILES string of the molecule is Cc1ccc(C(=O)OCCCCc2c(F)c(F)c(I)c(F)c2F)cc1. The molecule has 0 aromatic heterocycles. The molecular formula is C18H15F4IO2. The van der Waals surface area contributed by atoms with E-state index in [4.69, 9.17) is 4.74 Å². The van der Waals surface area contributed by atoms with Crippen LogP contribution in [-0.4, -0.2) is 12.6 Å². The monoisotopic (exact) mass is 466 g/mol. The highest BCUT2D eigenvalue weighted by atomic mass is 127. The van der Waals surface area contributed by atoms with E-state index in [1.165, 1.54) is 22.6 Å². The number of hydrogen-bond donors (Lipinski definition) is 0. The zero-order chi connectivity index (χ0) is 18.6. The number of benzene rings is 2. The summed E-state index contributed by atoms with van der Waals surface area (Å²) < 4.78 is 58.7. The lowest BCUT2D eigenvalue weighted by atomic mass is 10.1. The van der Waals surface area contributed by atoms with E-state index in [2.05, 4.69) is 0 Å². The molecule has 0 bridgehead atoms. The summed E-state index contributed by atoms with van der Waals surface area (Å²) in [7, 11) is 0. The van der Waals surface area contributed by atoms with Crippen molar-refractivity contribution in [2.75, 3.05) is 6.61 Å². The number of aryl methyl sites for hydroxylation is 1. The van der Waals surface area contributed by atoms with Gasteiger partial charge in [0.2, 0.25) is 0 Å². The molecule has 0 amide bonds. The third kappa shape index (κ3) is 4.71. The van der Waals surface area contributed by atoms with Gasteiger partial charge in [-0.2, -0.15) is 0 Å². The van der Waals surface area contributed by atoms with Crippen molar-refractivity contribution < 1.29 is 27.1 Å². The van der Waals surface area contributed by atoms with Gasteiger partial charge in [-0.25, -0.2) is 22.4 Å². The fraction of sp³-hybridized carbons (Fsp3) is 0.278. The summed E-state index contributed by atoms with van der Waals surface area (Å²) in [6.45, 7) is 1.94. The molecule has 0 atom stereocenters. The molecular weight excluding hydrogens is 451 g/mol. The van der Waals surface area contributed by atoms with Crippen molar-refractivity contribution in [2.24, 2.45) is 0 Å². The Bertz CT molecular complexity index is 747. The molecule has 25 heavy (non-hydrogen) atoms. The maximum Gasteiger partial charge on any atom is 0.338 e. The molecule has 7 heteroatoms. The van der Waals surface area contributed by atoms with Crippen LogP contribution in [-0.2, 0) is 11.2 Å². The van der Waals surface area contributed by atoms with E-state index in [9.17, 15) is 22.4 Å². The first-order valence-electron chi connectivity index (χ1n) is 7.57. The number of carbonyl (C=O) groups excluding carboxylic acids is 1. The molecule has 0 spiro atoms. The minimum absolute atomic E-state index is 0.0469. The molecule has 2 nitrogen and oxygen atoms in total. The summed E-state index contributed by atoms with van der Waals surface area (Å²) in [5.41, 5.74) is 0.794. The van der Waals surface area contributed by atoms with Crippen molar-refractivity contribution in [1.82, 2.24) is 0 Å². The number of esters is 1. The highest BCUT2D eigenvalue weighted by Gasteiger charge is 2.23. The lowest BCUT2D eigenvalue weighted by Gasteiger charge is -2.09. The number of unbranched alkanes of at least 4 members (excludes halogenated alkanes) is 1. The second-order valence-electron chi connectivity index (χ2n) is 5.51. The van der Waals surface area contributed by atoms with Crippen molar-refractivity contribution in [3.8, 4) is 0 Å². The van der Waals surface area contributed by atoms with Crippen LogP contribution in [0.3, 0.4) is 0 Å². The molecule has 0 radical (unpaired) electrons. The Labute approximate surface area is 156 Å². The maximum absolute atomic E-state index is 13.7. The highest BCUT2D eigenvalue weighted by Crippen LogP contribution is 2.26. The molecule has 0 heterocycles. The minimum Gasteiger partial charge on any atom is -0.462 e. The third-order valence-corrected chi connectivity index (χ3v) is 4.59. The Morgan fingerprint density at radius 2 is 1.52 bits per heavy atom. The first-order chi connectivity index (χ1) is 11.8. The fourth-order valence-corrected chi connectivity index (χ4v) is 2.69. The number of hydrogen-bond acceptors (Lipinski definition) is 2. The van der Waals surface area contributed by atoms with Gasteiger partial charge < -0.3 is 4.74 Å². The number of ether oxygens (including phenoxy) is 1. The number of carbonyl (C=O) groups is 1. The van der Waals surface area contributed by atoms with Crippen LogP contribution in [0.1, 0.15) is 34.3 Å². The van der Waals surface area contributed by atoms with E-state index >= 15 is 0 Å². The topological polar surface area (TPSA) is 26.3 Å². The molecule has 0 aliphatic rings. The molecule has 0 saturated heterocycles. The molecule has 2 rings (SSSR count). The molecule has 0 unspecified atom stereocenters. The summed E-state index contributed by atoms with van der Waals surface area (Å²) in [5.74, 6) is -6.02. The maximum atomic E-state index is 13.7. The lowest BCUT2D eigenvalue weighted by Crippen LogP contribution is -2.08. The fourth-order valence-electron chi connectivity index (χ4n) is 2.21. The zero-order valence-corrected chi connectivity index (χ0v) is 15.5. The van der Waals surface area contributed by atoms with Crippen molar-refractivity contribution >= 4 is 28.6 Å². The largest absolute Gasteiger partial charge is 0.462 e. The van der Waals surface area contributed by atoms with Crippen LogP contribution in [0, 0.1) is 33.8 Å². The standard InChI is InChI=1S/C18H15F4IO2/c1-10-5-7-11(8-6-10)18(24)25-9-3-2-4-12-13(19)15(21)17(23)16(22)14(12)20/h5-8H,2-4,9H2,1H3. The number of rotatable bonds is 6. The van der Waals surface area contributed by atoms with Gasteiger partial charge in [-0.15, -0.1) is 0 Å². The lowest BCUT2D eigenvalue weighted by molar-refractivity contribution is 0.0498. The van der Waals surface area contributed by atoms with Crippen molar-refractivity contribution in [1.29, 1.82) is 0 Å². The molecule has 0 N–H and O–H groups in total. The first-order valence-corrected chi connectivity index (χ1v) is 8.65. The molecule has 2 aromatic rings. The van der Waals surface area contributed by atoms with Crippen LogP contribution < -0.4 is 0 Å². The van der Waals surface area contributed by atoms with Gasteiger partial charge in [0, 0.05) is 5.56 Å². The van der Waals surface area contributed by atoms with Crippen LogP contribution in [0.15, 0.2) is 24.3 Å². The second-order valence-corrected chi connectivity index (χ2v) is 6.59. The van der Waals surface area contributed by atoms with Gasteiger partial charge in [0.25, 0.3) is 0 Å². The van der Waals surface area contributed by atoms with Crippen LogP contribution >= 0.6 is 22.6 Å². The van der Waals surface area contributed by atoms with E-state index in [1.54, 1.807) is 24.3 Å². The van der Waals surface area contributed by atoms with Gasteiger partial charge in [-0.05, 0) is 60.9 Å². The Kier molecular flexibility index (Phi) is 6.80. The summed E-state index contributed by atoms with van der Waals surface area (Å²) in [4.78, 5) is 11.8. The van der Waals surface area contributed by atoms with Gasteiger partial charge in [0.1, 0.15) is 0 Å². The van der Waals surface area contributed by atoms with Crippen molar-refractivity contribution in [3.63, 3.8) is 0 Å². The van der Waals surface area contributed by atoms with Crippen molar-refractivity contribution in [2.45, 2.75) is 26.2 Å². The molecule has 0 fully saturated rings. The van der Waals surface area contributed by atoms with Gasteiger partial charge >= 0.3 is 5.97 Å². The third-order valence-electron chi connectivity index (χ3n) is 3.64. The van der Waals surface area contributed by atoms with Crippen LogP contribution in [0.25, 0.3) is 0 Å². The van der Waals surface area contributed by atoms with Crippen LogP contribution in [0.2, 0.25) is 0 Å².